The third kappa shape index (κ3) is 4.47. The number of carbonyl (C=O) groups is 1. The van der Waals surface area contributed by atoms with Crippen LogP contribution in [0.25, 0.3) is 22.2 Å². The molecule has 2 aromatic carbocycles. The van der Waals surface area contributed by atoms with Crippen molar-refractivity contribution in [1.82, 2.24) is 9.47 Å². The number of benzene rings is 2. The minimum absolute atomic E-state index is 0.489. The molecule has 6 heteroatoms. The van der Waals surface area contributed by atoms with Crippen molar-refractivity contribution < 1.29 is 19.5 Å². The van der Waals surface area contributed by atoms with Crippen molar-refractivity contribution in [2.24, 2.45) is 0 Å². The molecule has 1 atom stereocenters. The zero-order chi connectivity index (χ0) is 24.5. The summed E-state index contributed by atoms with van der Waals surface area (Å²) in [5.74, 6) is -0.0453. The zero-order valence-corrected chi connectivity index (χ0v) is 21.2. The minimum Gasteiger partial charge on any atom is -0.561 e. The molecule has 1 unspecified atom stereocenters. The summed E-state index contributed by atoms with van der Waals surface area (Å²) < 4.78 is 8.16. The van der Waals surface area contributed by atoms with Crippen LogP contribution in [0.5, 0.6) is 0 Å². The number of quaternary nitrogens is 1. The van der Waals surface area contributed by atoms with Crippen molar-refractivity contribution >= 4 is 22.6 Å². The minimum atomic E-state index is -0.602. The van der Waals surface area contributed by atoms with Gasteiger partial charge < -0.3 is 14.4 Å². The van der Waals surface area contributed by atoms with E-state index in [0.29, 0.717) is 11.5 Å². The molecule has 1 saturated carbocycles. The Bertz CT molecular complexity index is 1240. The molecule has 1 aromatic heterocycles. The third-order valence-electron chi connectivity index (χ3n) is 8.62. The van der Waals surface area contributed by atoms with Crippen molar-refractivity contribution in [2.45, 2.75) is 51.0 Å². The second-order valence-corrected chi connectivity index (χ2v) is 10.8. The largest absolute Gasteiger partial charge is 0.561 e. The molecule has 6 rings (SSSR count). The summed E-state index contributed by atoms with van der Waals surface area (Å²) in [7, 11) is 0. The summed E-state index contributed by atoms with van der Waals surface area (Å²) in [5, 5.41) is 9.01. The molecule has 190 valence electrons. The number of fused-ring (bicyclic) bond motifs is 5. The fourth-order valence-corrected chi connectivity index (χ4v) is 6.80. The van der Waals surface area contributed by atoms with Gasteiger partial charge in [-0.15, -0.1) is 0 Å². The summed E-state index contributed by atoms with van der Waals surface area (Å²) in [6.45, 7) is 7.95. The van der Waals surface area contributed by atoms with Crippen molar-refractivity contribution in [3.63, 3.8) is 0 Å². The van der Waals surface area contributed by atoms with Gasteiger partial charge in [0.25, 0.3) is 0 Å². The Morgan fingerprint density at radius 1 is 1.00 bits per heavy atom. The van der Waals surface area contributed by atoms with Gasteiger partial charge in [0.05, 0.1) is 43.0 Å². The Balaban J connectivity index is 1.44. The number of carbonyl (C=O) groups excluding carboxylic acids is 1. The van der Waals surface area contributed by atoms with Gasteiger partial charge in [-0.05, 0) is 55.0 Å². The van der Waals surface area contributed by atoms with E-state index >= 15 is 0 Å². The van der Waals surface area contributed by atoms with Gasteiger partial charge in [0.15, 0.2) is 0 Å². The Hall–Kier alpha value is -2.67. The van der Waals surface area contributed by atoms with Crippen LogP contribution in [0.15, 0.2) is 42.5 Å². The van der Waals surface area contributed by atoms with Crippen LogP contribution < -0.4 is 4.90 Å². The molecule has 2 fully saturated rings. The summed E-state index contributed by atoms with van der Waals surface area (Å²) >= 11 is 0. The predicted octanol–water partition coefficient (Wildman–Crippen LogP) is 3.47. The molecule has 0 amide bonds. The van der Waals surface area contributed by atoms with Crippen molar-refractivity contribution in [3.05, 3.63) is 53.6 Å². The van der Waals surface area contributed by atoms with E-state index in [1.54, 1.807) is 0 Å². The zero-order valence-electron chi connectivity index (χ0n) is 21.2. The number of aromatic nitrogens is 1. The topological polar surface area (TPSA) is 61.8 Å². The van der Waals surface area contributed by atoms with E-state index in [9.17, 15) is 4.79 Å². The molecule has 0 bridgehead atoms. The highest BCUT2D eigenvalue weighted by Gasteiger charge is 2.32. The van der Waals surface area contributed by atoms with E-state index in [1.807, 2.05) is 12.1 Å². The van der Waals surface area contributed by atoms with Crippen molar-refractivity contribution in [1.29, 1.82) is 0 Å². The molecule has 0 spiro atoms. The van der Waals surface area contributed by atoms with Crippen LogP contribution in [0.3, 0.4) is 0 Å². The van der Waals surface area contributed by atoms with Crippen LogP contribution in [0, 0.1) is 0 Å². The summed E-state index contributed by atoms with van der Waals surface area (Å²) in [4.78, 5) is 16.1. The maximum Gasteiger partial charge on any atom is 0.549 e. The SMILES string of the molecule is O=C([OH2+])c1ccc2c(C3CCCCC3)c3n(c2c1)CC[NH+](CCN1CCCOCC1)c1ccccc1-3. The lowest BCUT2D eigenvalue weighted by Crippen LogP contribution is -3.08. The van der Waals surface area contributed by atoms with Crippen LogP contribution in [-0.4, -0.2) is 66.5 Å². The van der Waals surface area contributed by atoms with Crippen LogP contribution in [0.1, 0.15) is 60.4 Å². The van der Waals surface area contributed by atoms with Gasteiger partial charge >= 0.3 is 5.97 Å². The monoisotopic (exact) mass is 489 g/mol. The number of hydrogen-bond donors (Lipinski definition) is 1. The van der Waals surface area contributed by atoms with Crippen molar-refractivity contribution in [2.75, 3.05) is 45.9 Å². The molecule has 3 aromatic rings. The molecular formula is C30H39N3O3+2. The summed E-state index contributed by atoms with van der Waals surface area (Å²) in [6.07, 6.45) is 7.50. The van der Waals surface area contributed by atoms with Gasteiger partial charge in [0.2, 0.25) is 0 Å². The van der Waals surface area contributed by atoms with Gasteiger partial charge in [-0.3, -0.25) is 9.80 Å². The highest BCUT2D eigenvalue weighted by Crippen LogP contribution is 2.45. The first-order valence-corrected chi connectivity index (χ1v) is 13.9. The molecule has 1 aliphatic carbocycles. The third-order valence-corrected chi connectivity index (χ3v) is 8.62. The first-order valence-electron chi connectivity index (χ1n) is 13.9. The first kappa shape index (κ1) is 23.7. The fourth-order valence-electron chi connectivity index (χ4n) is 6.80. The molecule has 3 aliphatic rings. The molecule has 2 aliphatic heterocycles. The second-order valence-electron chi connectivity index (χ2n) is 10.8. The van der Waals surface area contributed by atoms with Crippen LogP contribution in [0.4, 0.5) is 5.69 Å². The normalized spacial score (nSPS) is 21.5. The molecule has 1 saturated heterocycles. The van der Waals surface area contributed by atoms with Gasteiger partial charge in [0.1, 0.15) is 11.3 Å². The molecule has 6 nitrogen and oxygen atoms in total. The second kappa shape index (κ2) is 10.4. The standard InChI is InChI=1S/C30H37N3O3/c34-30(35)23-11-12-24-27(21-23)33-17-16-32(15-14-31-13-6-19-36-20-18-31)26-10-5-4-9-25(26)29(33)28(24)22-7-2-1-3-8-22/h4-5,9-12,21-22H,1-3,6-8,13-20H2,(H,34,35)/p+2. The number of nitrogens with zero attached hydrogens (tertiary/aromatic N) is 2. The number of ether oxygens (including phenoxy) is 1. The first-order chi connectivity index (χ1) is 17.7. The van der Waals surface area contributed by atoms with Crippen LogP contribution in [-0.2, 0) is 11.3 Å². The quantitative estimate of drug-likeness (QED) is 0.559. The molecule has 3 N–H and O–H groups in total. The number of para-hydroxylation sites is 1. The van der Waals surface area contributed by atoms with Crippen LogP contribution >= 0.6 is 0 Å². The van der Waals surface area contributed by atoms with E-state index in [2.05, 4.69) is 39.8 Å². The maximum absolute atomic E-state index is 12.0. The Morgan fingerprint density at radius 2 is 1.86 bits per heavy atom. The number of nitrogens with one attached hydrogen (secondary N) is 1. The van der Waals surface area contributed by atoms with E-state index < -0.39 is 5.97 Å². The smallest absolute Gasteiger partial charge is 0.549 e. The highest BCUT2D eigenvalue weighted by atomic mass is 16.5. The molecule has 0 radical (unpaired) electrons. The van der Waals surface area contributed by atoms with E-state index in [-0.39, 0.29) is 0 Å². The lowest BCUT2D eigenvalue weighted by molar-refractivity contribution is -0.832. The van der Waals surface area contributed by atoms with E-state index in [1.165, 1.54) is 64.9 Å². The van der Waals surface area contributed by atoms with Gasteiger partial charge in [-0.1, -0.05) is 37.5 Å². The molecule has 3 heterocycles. The predicted molar refractivity (Wildman–Crippen MR) is 143 cm³/mol. The van der Waals surface area contributed by atoms with Gasteiger partial charge in [-0.2, -0.15) is 0 Å². The number of rotatable bonds is 5. The maximum atomic E-state index is 12.0. The van der Waals surface area contributed by atoms with Gasteiger partial charge in [0, 0.05) is 36.4 Å². The van der Waals surface area contributed by atoms with Crippen LogP contribution in [0.2, 0.25) is 0 Å². The fraction of sp³-hybridized carbons (Fsp3) is 0.500. The lowest BCUT2D eigenvalue weighted by Gasteiger charge is -2.25. The average Bonchev–Trinajstić information content (AvgIpc) is 3.05. The van der Waals surface area contributed by atoms with E-state index in [4.69, 9.17) is 9.84 Å². The van der Waals surface area contributed by atoms with E-state index in [0.717, 1.165) is 64.4 Å². The number of hydrogen-bond acceptors (Lipinski definition) is 3. The van der Waals surface area contributed by atoms with Crippen molar-refractivity contribution in [3.8, 4) is 11.3 Å². The molecule has 36 heavy (non-hydrogen) atoms. The average molecular weight is 490 g/mol. The molecular weight excluding hydrogens is 450 g/mol. The lowest BCUT2D eigenvalue weighted by atomic mass is 9.81. The highest BCUT2D eigenvalue weighted by molar-refractivity contribution is 5.99. The Kier molecular flexibility index (Phi) is 6.83. The summed E-state index contributed by atoms with van der Waals surface area (Å²) in [5.41, 5.74) is 7.21. The Morgan fingerprint density at radius 3 is 2.72 bits per heavy atom. The van der Waals surface area contributed by atoms with Gasteiger partial charge in [-0.25, -0.2) is 0 Å². The summed E-state index contributed by atoms with van der Waals surface area (Å²) in [6, 6.07) is 15.0. The Labute approximate surface area is 213 Å².